The largest absolute Gasteiger partial charge is 0.322 e. The second-order valence-electron chi connectivity index (χ2n) is 5.03. The van der Waals surface area contributed by atoms with E-state index in [1.165, 1.54) is 0 Å². The maximum Gasteiger partial charge on any atom is 0.0595 e. The average molecular weight is 303 g/mol. The molecule has 0 heterocycles. The molecule has 108 valence electrons. The van der Waals surface area contributed by atoms with Crippen LogP contribution in [-0.2, 0) is 0 Å². The van der Waals surface area contributed by atoms with Crippen molar-refractivity contribution in [2.45, 2.75) is 45.7 Å². The summed E-state index contributed by atoms with van der Waals surface area (Å²) in [5.74, 6) is 0. The van der Waals surface area contributed by atoms with Gasteiger partial charge in [-0.15, -0.1) is 0 Å². The van der Waals surface area contributed by atoms with Gasteiger partial charge in [-0.05, 0) is 44.1 Å². The van der Waals surface area contributed by atoms with Crippen LogP contribution in [0.4, 0.5) is 0 Å². The maximum atomic E-state index is 6.51. The molecule has 0 saturated heterocycles. The van der Waals surface area contributed by atoms with Crippen LogP contribution in [0.5, 0.6) is 0 Å². The van der Waals surface area contributed by atoms with Crippen molar-refractivity contribution in [2.24, 2.45) is 5.73 Å². The van der Waals surface area contributed by atoms with Crippen LogP contribution in [0.25, 0.3) is 0 Å². The van der Waals surface area contributed by atoms with Crippen LogP contribution in [0.15, 0.2) is 18.2 Å². The van der Waals surface area contributed by atoms with E-state index in [-0.39, 0.29) is 11.6 Å². The van der Waals surface area contributed by atoms with E-state index in [9.17, 15) is 0 Å². The lowest BCUT2D eigenvalue weighted by Crippen LogP contribution is -2.52. The van der Waals surface area contributed by atoms with Gasteiger partial charge in [0.1, 0.15) is 0 Å². The topological polar surface area (TPSA) is 29.3 Å². The smallest absolute Gasteiger partial charge is 0.0595 e. The van der Waals surface area contributed by atoms with E-state index in [2.05, 4.69) is 32.6 Å². The van der Waals surface area contributed by atoms with Crippen molar-refractivity contribution in [3.05, 3.63) is 33.8 Å². The molecule has 4 heteroatoms. The highest BCUT2D eigenvalue weighted by molar-refractivity contribution is 6.42. The summed E-state index contributed by atoms with van der Waals surface area (Å²) in [7, 11) is 0. The first-order valence-electron chi connectivity index (χ1n) is 6.86. The molecule has 19 heavy (non-hydrogen) atoms. The Morgan fingerprint density at radius 3 is 2.16 bits per heavy atom. The summed E-state index contributed by atoms with van der Waals surface area (Å²) in [4.78, 5) is 2.40. The second kappa shape index (κ2) is 6.94. The van der Waals surface area contributed by atoms with E-state index in [4.69, 9.17) is 28.9 Å². The van der Waals surface area contributed by atoms with Gasteiger partial charge in [0.15, 0.2) is 0 Å². The Morgan fingerprint density at radius 1 is 1.16 bits per heavy atom. The summed E-state index contributed by atoms with van der Waals surface area (Å²) in [6.07, 6.45) is 0.982. The molecular weight excluding hydrogens is 279 g/mol. The Labute approximate surface area is 126 Å². The van der Waals surface area contributed by atoms with Crippen molar-refractivity contribution >= 4 is 23.2 Å². The number of likely N-dealkylation sites (N-methyl/N-ethyl adjacent to an activating group) is 1. The molecule has 2 N–H and O–H groups in total. The van der Waals surface area contributed by atoms with Crippen LogP contribution in [0.2, 0.25) is 10.0 Å². The first kappa shape index (κ1) is 16.8. The third-order valence-electron chi connectivity index (χ3n) is 4.17. The molecule has 0 fully saturated rings. The fourth-order valence-corrected chi connectivity index (χ4v) is 2.96. The number of benzene rings is 1. The highest BCUT2D eigenvalue weighted by Crippen LogP contribution is 2.34. The highest BCUT2D eigenvalue weighted by Gasteiger charge is 2.35. The molecule has 0 aliphatic rings. The van der Waals surface area contributed by atoms with E-state index in [0.29, 0.717) is 10.0 Å². The van der Waals surface area contributed by atoms with Gasteiger partial charge in [-0.25, -0.2) is 0 Å². The Kier molecular flexibility index (Phi) is 6.13. The Balaban J connectivity index is 3.13. The molecule has 1 aromatic rings. The molecular formula is C15H24Cl2N2. The summed E-state index contributed by atoms with van der Waals surface area (Å²) in [5.41, 5.74) is 7.46. The zero-order valence-corrected chi connectivity index (χ0v) is 13.7. The fraction of sp³-hybridized carbons (Fsp3) is 0.600. The van der Waals surface area contributed by atoms with Crippen LogP contribution in [0.1, 0.15) is 45.7 Å². The van der Waals surface area contributed by atoms with Gasteiger partial charge in [0.25, 0.3) is 0 Å². The first-order chi connectivity index (χ1) is 8.90. The molecule has 0 spiro atoms. The van der Waals surface area contributed by atoms with E-state index in [1.807, 2.05) is 18.2 Å². The minimum Gasteiger partial charge on any atom is -0.322 e. The number of hydrogen-bond donors (Lipinski definition) is 1. The summed E-state index contributed by atoms with van der Waals surface area (Å²) in [5, 5.41) is 1.13. The average Bonchev–Trinajstić information content (AvgIpc) is 2.42. The predicted octanol–water partition coefficient (Wildman–Crippen LogP) is 4.50. The highest BCUT2D eigenvalue weighted by atomic mass is 35.5. The fourth-order valence-electron chi connectivity index (χ4n) is 2.65. The SMILES string of the molecule is CCN(CC)C(C)(CC)C(N)c1ccc(Cl)c(Cl)c1. The molecule has 0 aliphatic heterocycles. The maximum absolute atomic E-state index is 6.51. The van der Waals surface area contributed by atoms with E-state index < -0.39 is 0 Å². The number of halogens is 2. The van der Waals surface area contributed by atoms with Crippen molar-refractivity contribution in [3.63, 3.8) is 0 Å². The van der Waals surface area contributed by atoms with Crippen molar-refractivity contribution in [1.82, 2.24) is 4.90 Å². The summed E-state index contributed by atoms with van der Waals surface area (Å²) in [6.45, 7) is 10.7. The Hall–Kier alpha value is -0.280. The Bertz CT molecular complexity index is 419. The zero-order valence-electron chi connectivity index (χ0n) is 12.2. The molecule has 0 aliphatic carbocycles. The molecule has 0 radical (unpaired) electrons. The number of nitrogens with two attached hydrogens (primary N) is 1. The molecule has 0 amide bonds. The van der Waals surface area contributed by atoms with Crippen LogP contribution in [0, 0.1) is 0 Å². The third-order valence-corrected chi connectivity index (χ3v) is 4.91. The molecule has 0 saturated carbocycles. The van der Waals surface area contributed by atoms with Crippen LogP contribution in [-0.4, -0.2) is 23.5 Å². The van der Waals surface area contributed by atoms with E-state index >= 15 is 0 Å². The third kappa shape index (κ3) is 3.43. The molecule has 1 aromatic carbocycles. The van der Waals surface area contributed by atoms with Gasteiger partial charge < -0.3 is 5.73 Å². The van der Waals surface area contributed by atoms with Gasteiger partial charge in [-0.3, -0.25) is 4.90 Å². The first-order valence-corrected chi connectivity index (χ1v) is 7.61. The van der Waals surface area contributed by atoms with Crippen LogP contribution in [0.3, 0.4) is 0 Å². The van der Waals surface area contributed by atoms with Crippen molar-refractivity contribution in [1.29, 1.82) is 0 Å². The normalized spacial score (nSPS) is 16.4. The number of hydrogen-bond acceptors (Lipinski definition) is 2. The standard InChI is InChI=1S/C15H24Cl2N2/c1-5-15(4,19(6-2)7-3)14(18)11-8-9-12(16)13(17)10-11/h8-10,14H,5-7,18H2,1-4H3. The number of nitrogens with zero attached hydrogens (tertiary/aromatic N) is 1. The Morgan fingerprint density at radius 2 is 1.74 bits per heavy atom. The summed E-state index contributed by atoms with van der Waals surface area (Å²) in [6, 6.07) is 5.58. The molecule has 0 aromatic heterocycles. The summed E-state index contributed by atoms with van der Waals surface area (Å²) >= 11 is 12.1. The zero-order chi connectivity index (χ0) is 14.6. The molecule has 2 nitrogen and oxygen atoms in total. The predicted molar refractivity (Wildman–Crippen MR) is 85.0 cm³/mol. The van der Waals surface area contributed by atoms with E-state index in [1.54, 1.807) is 0 Å². The van der Waals surface area contributed by atoms with Crippen molar-refractivity contribution < 1.29 is 0 Å². The van der Waals surface area contributed by atoms with E-state index in [0.717, 1.165) is 25.1 Å². The lowest BCUT2D eigenvalue weighted by molar-refractivity contribution is 0.0844. The number of rotatable bonds is 6. The lowest BCUT2D eigenvalue weighted by atomic mass is 9.83. The minimum atomic E-state index is -0.0906. The molecule has 2 atom stereocenters. The molecule has 2 unspecified atom stereocenters. The van der Waals surface area contributed by atoms with Gasteiger partial charge in [0, 0.05) is 11.6 Å². The van der Waals surface area contributed by atoms with Crippen molar-refractivity contribution in [2.75, 3.05) is 13.1 Å². The monoisotopic (exact) mass is 302 g/mol. The quantitative estimate of drug-likeness (QED) is 0.838. The summed E-state index contributed by atoms with van der Waals surface area (Å²) < 4.78 is 0. The van der Waals surface area contributed by atoms with Gasteiger partial charge in [0.2, 0.25) is 0 Å². The lowest BCUT2D eigenvalue weighted by Gasteiger charge is -2.44. The second-order valence-corrected chi connectivity index (χ2v) is 5.85. The van der Waals surface area contributed by atoms with Gasteiger partial charge >= 0.3 is 0 Å². The molecule has 1 rings (SSSR count). The van der Waals surface area contributed by atoms with Crippen LogP contribution < -0.4 is 5.73 Å². The minimum absolute atomic E-state index is 0.0827. The van der Waals surface area contributed by atoms with Gasteiger partial charge in [-0.2, -0.15) is 0 Å². The van der Waals surface area contributed by atoms with Gasteiger partial charge in [-0.1, -0.05) is 50.0 Å². The van der Waals surface area contributed by atoms with Crippen LogP contribution >= 0.6 is 23.2 Å². The van der Waals surface area contributed by atoms with Gasteiger partial charge in [0.05, 0.1) is 10.0 Å². The van der Waals surface area contributed by atoms with Crippen molar-refractivity contribution in [3.8, 4) is 0 Å². The molecule has 0 bridgehead atoms.